The first kappa shape index (κ1) is 16.4. The van der Waals surface area contributed by atoms with Crippen molar-refractivity contribution >= 4 is 28.5 Å². The molecule has 2 N–H and O–H groups in total. The molecule has 5 heteroatoms. The molecule has 1 aromatic rings. The predicted octanol–water partition coefficient (Wildman–Crippen LogP) is 2.96. The average molecular weight is 379 g/mol. The van der Waals surface area contributed by atoms with Crippen molar-refractivity contribution in [3.63, 3.8) is 0 Å². The first-order valence-electron chi connectivity index (χ1n) is 6.12. The fourth-order valence-corrected chi connectivity index (χ4v) is 2.48. The van der Waals surface area contributed by atoms with Gasteiger partial charge in [-0.2, -0.15) is 0 Å². The summed E-state index contributed by atoms with van der Waals surface area (Å²) in [6.07, 6.45) is 0.493. The van der Waals surface area contributed by atoms with Crippen molar-refractivity contribution in [3.8, 4) is 0 Å². The maximum Gasteiger partial charge on any atom is 0.252 e. The Hall–Kier alpha value is -0.690. The molecule has 0 aliphatic heterocycles. The molecule has 0 fully saturated rings. The number of benzene rings is 1. The molecule has 19 heavy (non-hydrogen) atoms. The van der Waals surface area contributed by atoms with E-state index in [1.165, 1.54) is 18.2 Å². The highest BCUT2D eigenvalue weighted by Crippen LogP contribution is 2.22. The molecule has 0 saturated carbocycles. The second-order valence-corrected chi connectivity index (χ2v) is 6.69. The standard InChI is InChI=1S/C14H19FINO2/c1-14(2,3)12(6-7-18)17-13(19)10-5-4-9(15)8-11(10)16/h4-5,8,12,18H,6-7H2,1-3H3,(H,17,19). The third-order valence-electron chi connectivity index (χ3n) is 2.94. The maximum atomic E-state index is 13.0. The van der Waals surface area contributed by atoms with E-state index < -0.39 is 0 Å². The fourth-order valence-electron chi connectivity index (χ4n) is 1.76. The Labute approximate surface area is 126 Å². The number of carbonyl (C=O) groups is 1. The lowest BCUT2D eigenvalue weighted by atomic mass is 9.85. The van der Waals surface area contributed by atoms with Gasteiger partial charge in [-0.3, -0.25) is 4.79 Å². The van der Waals surface area contributed by atoms with Crippen molar-refractivity contribution in [1.82, 2.24) is 5.32 Å². The fraction of sp³-hybridized carbons (Fsp3) is 0.500. The van der Waals surface area contributed by atoms with Gasteiger partial charge >= 0.3 is 0 Å². The van der Waals surface area contributed by atoms with E-state index in [-0.39, 0.29) is 29.8 Å². The van der Waals surface area contributed by atoms with Gasteiger partial charge in [-0.25, -0.2) is 4.39 Å². The van der Waals surface area contributed by atoms with Gasteiger partial charge in [0.2, 0.25) is 0 Å². The summed E-state index contributed by atoms with van der Waals surface area (Å²) in [6, 6.07) is 3.94. The summed E-state index contributed by atoms with van der Waals surface area (Å²) in [5.74, 6) is -0.596. The molecule has 1 unspecified atom stereocenters. The first-order chi connectivity index (χ1) is 8.75. The van der Waals surface area contributed by atoms with Crippen LogP contribution in [0.2, 0.25) is 0 Å². The lowest BCUT2D eigenvalue weighted by Crippen LogP contribution is -2.44. The molecule has 1 amide bonds. The van der Waals surface area contributed by atoms with Crippen LogP contribution in [0.5, 0.6) is 0 Å². The third kappa shape index (κ3) is 4.72. The summed E-state index contributed by atoms with van der Waals surface area (Å²) in [6.45, 7) is 6.03. The average Bonchev–Trinajstić information content (AvgIpc) is 2.26. The van der Waals surface area contributed by atoms with Gasteiger partial charge in [-0.05, 0) is 52.6 Å². The minimum absolute atomic E-state index is 0.0166. The van der Waals surface area contributed by atoms with Gasteiger partial charge in [0.1, 0.15) is 5.82 Å². The molecule has 0 aromatic heterocycles. The van der Waals surface area contributed by atoms with Gasteiger partial charge in [-0.1, -0.05) is 20.8 Å². The molecule has 0 saturated heterocycles. The van der Waals surface area contributed by atoms with Gasteiger partial charge in [0, 0.05) is 16.2 Å². The van der Waals surface area contributed by atoms with Crippen LogP contribution in [0, 0.1) is 14.8 Å². The SMILES string of the molecule is CC(C)(C)C(CCO)NC(=O)c1ccc(F)cc1I. The van der Waals surface area contributed by atoms with E-state index in [2.05, 4.69) is 5.32 Å². The zero-order chi connectivity index (χ0) is 14.6. The van der Waals surface area contributed by atoms with Gasteiger partial charge in [-0.15, -0.1) is 0 Å². The summed E-state index contributed by atoms with van der Waals surface area (Å²) >= 11 is 1.94. The molecule has 1 atom stereocenters. The van der Waals surface area contributed by atoms with E-state index in [4.69, 9.17) is 5.11 Å². The number of amides is 1. The van der Waals surface area contributed by atoms with Crippen molar-refractivity contribution in [3.05, 3.63) is 33.1 Å². The zero-order valence-electron chi connectivity index (χ0n) is 11.3. The molecule has 106 valence electrons. The Morgan fingerprint density at radius 2 is 2.11 bits per heavy atom. The van der Waals surface area contributed by atoms with Crippen LogP contribution < -0.4 is 5.32 Å². The summed E-state index contributed by atoms with van der Waals surface area (Å²) < 4.78 is 13.6. The van der Waals surface area contributed by atoms with Crippen molar-refractivity contribution < 1.29 is 14.3 Å². The minimum Gasteiger partial charge on any atom is -0.396 e. The summed E-state index contributed by atoms with van der Waals surface area (Å²) in [5.41, 5.74) is 0.304. The molecular formula is C14H19FINO2. The Bertz CT molecular complexity index is 457. The first-order valence-corrected chi connectivity index (χ1v) is 7.20. The summed E-state index contributed by atoms with van der Waals surface area (Å²) in [7, 11) is 0. The monoisotopic (exact) mass is 379 g/mol. The minimum atomic E-state index is -0.358. The number of aliphatic hydroxyl groups is 1. The van der Waals surface area contributed by atoms with E-state index in [1.807, 2.05) is 43.4 Å². The highest BCUT2D eigenvalue weighted by Gasteiger charge is 2.26. The van der Waals surface area contributed by atoms with E-state index in [9.17, 15) is 9.18 Å². The third-order valence-corrected chi connectivity index (χ3v) is 3.84. The van der Waals surface area contributed by atoms with E-state index in [1.54, 1.807) is 0 Å². The largest absolute Gasteiger partial charge is 0.396 e. The number of rotatable bonds is 4. The van der Waals surface area contributed by atoms with Crippen LogP contribution in [0.15, 0.2) is 18.2 Å². The van der Waals surface area contributed by atoms with Gasteiger partial charge in [0.15, 0.2) is 0 Å². The molecule has 0 bridgehead atoms. The van der Waals surface area contributed by atoms with Crippen LogP contribution in [-0.4, -0.2) is 23.7 Å². The van der Waals surface area contributed by atoms with Crippen molar-refractivity contribution in [2.24, 2.45) is 5.41 Å². The molecular weight excluding hydrogens is 360 g/mol. The number of aliphatic hydroxyl groups excluding tert-OH is 1. The van der Waals surface area contributed by atoms with E-state index in [0.717, 1.165) is 0 Å². The van der Waals surface area contributed by atoms with Crippen LogP contribution in [0.4, 0.5) is 4.39 Å². The summed E-state index contributed by atoms with van der Waals surface area (Å²) in [4.78, 5) is 12.2. The molecule has 0 spiro atoms. The second-order valence-electron chi connectivity index (χ2n) is 5.53. The molecule has 0 radical (unpaired) electrons. The molecule has 1 rings (SSSR count). The molecule has 0 aliphatic carbocycles. The van der Waals surface area contributed by atoms with Crippen LogP contribution in [0.3, 0.4) is 0 Å². The lowest BCUT2D eigenvalue weighted by Gasteiger charge is -2.31. The molecule has 0 aliphatic rings. The Morgan fingerprint density at radius 3 is 2.58 bits per heavy atom. The maximum absolute atomic E-state index is 13.0. The van der Waals surface area contributed by atoms with E-state index in [0.29, 0.717) is 15.6 Å². The normalized spacial score (nSPS) is 13.2. The van der Waals surface area contributed by atoms with Gasteiger partial charge in [0.25, 0.3) is 5.91 Å². The smallest absolute Gasteiger partial charge is 0.252 e. The van der Waals surface area contributed by atoms with Crippen LogP contribution in [-0.2, 0) is 0 Å². The lowest BCUT2D eigenvalue weighted by molar-refractivity contribution is 0.0884. The number of nitrogens with one attached hydrogen (secondary N) is 1. The number of carbonyl (C=O) groups excluding carboxylic acids is 1. The molecule has 0 heterocycles. The molecule has 1 aromatic carbocycles. The van der Waals surface area contributed by atoms with Gasteiger partial charge < -0.3 is 10.4 Å². The summed E-state index contributed by atoms with van der Waals surface area (Å²) in [5, 5.41) is 12.0. The quantitative estimate of drug-likeness (QED) is 0.791. The molecule has 3 nitrogen and oxygen atoms in total. The Balaban J connectivity index is 2.88. The Kier molecular flexibility index (Phi) is 5.73. The number of hydrogen-bond donors (Lipinski definition) is 2. The highest BCUT2D eigenvalue weighted by atomic mass is 127. The predicted molar refractivity (Wildman–Crippen MR) is 81.5 cm³/mol. The zero-order valence-corrected chi connectivity index (χ0v) is 13.5. The van der Waals surface area contributed by atoms with Crippen LogP contribution >= 0.6 is 22.6 Å². The Morgan fingerprint density at radius 1 is 1.47 bits per heavy atom. The highest BCUT2D eigenvalue weighted by molar-refractivity contribution is 14.1. The topological polar surface area (TPSA) is 49.3 Å². The number of halogens is 2. The second kappa shape index (κ2) is 6.65. The van der Waals surface area contributed by atoms with Crippen molar-refractivity contribution in [2.45, 2.75) is 33.2 Å². The van der Waals surface area contributed by atoms with Crippen LogP contribution in [0.1, 0.15) is 37.6 Å². The number of hydrogen-bond acceptors (Lipinski definition) is 2. The van der Waals surface area contributed by atoms with Crippen molar-refractivity contribution in [2.75, 3.05) is 6.61 Å². The van der Waals surface area contributed by atoms with Crippen molar-refractivity contribution in [1.29, 1.82) is 0 Å². The van der Waals surface area contributed by atoms with E-state index >= 15 is 0 Å². The van der Waals surface area contributed by atoms with Crippen LogP contribution in [0.25, 0.3) is 0 Å². The van der Waals surface area contributed by atoms with Gasteiger partial charge in [0.05, 0.1) is 5.56 Å².